The maximum atomic E-state index is 13.6. The van der Waals surface area contributed by atoms with Crippen molar-refractivity contribution in [3.63, 3.8) is 0 Å². The van der Waals surface area contributed by atoms with Crippen LogP contribution in [0.25, 0.3) is 0 Å². The smallest absolute Gasteiger partial charge is 0.141 e. The summed E-state index contributed by atoms with van der Waals surface area (Å²) in [5, 5.41) is 3.64. The number of aryl methyl sites for hydroxylation is 1. The van der Waals surface area contributed by atoms with Crippen LogP contribution in [0.5, 0.6) is 0 Å². The van der Waals surface area contributed by atoms with E-state index in [1.807, 2.05) is 19.6 Å². The summed E-state index contributed by atoms with van der Waals surface area (Å²) in [6, 6.07) is 1.87. The molecule has 0 bridgehead atoms. The number of pyridine rings is 1. The molecule has 4 rings (SSSR count). The van der Waals surface area contributed by atoms with Gasteiger partial charge in [-0.1, -0.05) is 0 Å². The Morgan fingerprint density at radius 2 is 2.12 bits per heavy atom. The van der Waals surface area contributed by atoms with E-state index in [1.165, 1.54) is 19.0 Å². The Morgan fingerprint density at radius 1 is 1.27 bits per heavy atom. The van der Waals surface area contributed by atoms with Crippen molar-refractivity contribution in [2.75, 3.05) is 26.7 Å². The van der Waals surface area contributed by atoms with E-state index in [1.54, 1.807) is 12.3 Å². The first kappa shape index (κ1) is 17.6. The van der Waals surface area contributed by atoms with E-state index in [4.69, 9.17) is 4.74 Å². The molecule has 2 aromatic rings. The Bertz CT molecular complexity index is 747. The number of hydrogen-bond acceptors (Lipinski definition) is 5. The molecule has 7 heteroatoms. The minimum absolute atomic E-state index is 0.0203. The van der Waals surface area contributed by atoms with Gasteiger partial charge in [0.1, 0.15) is 5.82 Å². The van der Waals surface area contributed by atoms with E-state index < -0.39 is 0 Å². The molecule has 140 valence electrons. The number of nitrogens with one attached hydrogen (secondary N) is 1. The van der Waals surface area contributed by atoms with Gasteiger partial charge in [0.25, 0.3) is 0 Å². The van der Waals surface area contributed by atoms with Gasteiger partial charge in [-0.05, 0) is 37.4 Å². The molecule has 2 aliphatic rings. The lowest BCUT2D eigenvalue weighted by Gasteiger charge is -2.39. The van der Waals surface area contributed by atoms with Crippen molar-refractivity contribution >= 4 is 0 Å². The average molecular weight is 359 g/mol. The van der Waals surface area contributed by atoms with Gasteiger partial charge in [-0.15, -0.1) is 0 Å². The Labute approximate surface area is 153 Å². The van der Waals surface area contributed by atoms with Crippen LogP contribution in [0, 0.1) is 11.7 Å². The molecule has 0 aromatic carbocycles. The van der Waals surface area contributed by atoms with Crippen molar-refractivity contribution in [1.82, 2.24) is 24.8 Å². The molecule has 26 heavy (non-hydrogen) atoms. The summed E-state index contributed by atoms with van der Waals surface area (Å²) in [6.07, 6.45) is 9.13. The van der Waals surface area contributed by atoms with Crippen LogP contribution in [0.15, 0.2) is 31.0 Å². The molecule has 3 heterocycles. The first-order chi connectivity index (χ1) is 12.6. The highest BCUT2D eigenvalue weighted by Crippen LogP contribution is 2.41. The normalized spacial score (nSPS) is 25.3. The Balaban J connectivity index is 1.50. The molecule has 3 atom stereocenters. The molecular weight excluding hydrogens is 333 g/mol. The van der Waals surface area contributed by atoms with Crippen molar-refractivity contribution in [2.24, 2.45) is 13.0 Å². The molecule has 0 radical (unpaired) electrons. The van der Waals surface area contributed by atoms with E-state index in [2.05, 4.69) is 31.8 Å². The average Bonchev–Trinajstić information content (AvgIpc) is 3.37. The molecule has 2 fully saturated rings. The number of nitrogens with zero attached hydrogens (tertiary/aromatic N) is 4. The number of imidazole rings is 1. The second-order valence-corrected chi connectivity index (χ2v) is 7.42. The summed E-state index contributed by atoms with van der Waals surface area (Å²) in [5.41, 5.74) is 2.07. The van der Waals surface area contributed by atoms with Gasteiger partial charge in [0.2, 0.25) is 0 Å². The minimum Gasteiger partial charge on any atom is -0.374 e. The Kier molecular flexibility index (Phi) is 5.02. The lowest BCUT2D eigenvalue weighted by Crippen LogP contribution is -2.48. The molecule has 1 aliphatic heterocycles. The first-order valence-electron chi connectivity index (χ1n) is 9.25. The topological polar surface area (TPSA) is 55.2 Å². The van der Waals surface area contributed by atoms with Crippen LogP contribution in [0.3, 0.4) is 0 Å². The van der Waals surface area contributed by atoms with Gasteiger partial charge in [-0.2, -0.15) is 0 Å². The number of aromatic nitrogens is 3. The van der Waals surface area contributed by atoms with Gasteiger partial charge in [0.05, 0.1) is 37.0 Å². The third-order valence-corrected chi connectivity index (χ3v) is 5.48. The molecule has 2 aromatic heterocycles. The van der Waals surface area contributed by atoms with Crippen LogP contribution in [-0.2, 0) is 11.8 Å². The van der Waals surface area contributed by atoms with E-state index in [0.29, 0.717) is 19.1 Å². The summed E-state index contributed by atoms with van der Waals surface area (Å²) < 4.78 is 21.8. The largest absolute Gasteiger partial charge is 0.374 e. The Hall–Kier alpha value is -1.83. The van der Waals surface area contributed by atoms with Crippen LogP contribution < -0.4 is 5.32 Å². The van der Waals surface area contributed by atoms with Crippen molar-refractivity contribution in [3.05, 3.63) is 48.1 Å². The highest BCUT2D eigenvalue weighted by molar-refractivity contribution is 5.18. The zero-order valence-electron chi connectivity index (χ0n) is 15.3. The molecule has 1 aliphatic carbocycles. The summed E-state index contributed by atoms with van der Waals surface area (Å²) in [6.45, 7) is 2.32. The number of likely N-dealkylation sites (N-methyl/N-ethyl adjacent to an activating group) is 1. The van der Waals surface area contributed by atoms with Crippen LogP contribution >= 0.6 is 0 Å². The summed E-state index contributed by atoms with van der Waals surface area (Å²) in [7, 11) is 4.14. The molecule has 0 spiro atoms. The first-order valence-corrected chi connectivity index (χ1v) is 9.25. The Morgan fingerprint density at radius 3 is 2.81 bits per heavy atom. The van der Waals surface area contributed by atoms with Crippen molar-refractivity contribution in [3.8, 4) is 0 Å². The number of halogens is 1. The third kappa shape index (κ3) is 3.65. The standard InChI is InChI=1S/C19H26FN5O/c1-24-5-6-26-17(19(24)16-10-22-12-25(16)2)11-23-18(13-3-4-13)14-7-15(20)9-21-8-14/h7-10,12-13,17-19,23H,3-6,11H2,1-2H3/t17-,18?,19-/m0/s1. The monoisotopic (exact) mass is 359 g/mol. The predicted molar refractivity (Wildman–Crippen MR) is 96.0 cm³/mol. The zero-order chi connectivity index (χ0) is 18.1. The fourth-order valence-corrected chi connectivity index (χ4v) is 3.93. The fraction of sp³-hybridized carbons (Fsp3) is 0.579. The van der Waals surface area contributed by atoms with Crippen LogP contribution in [-0.4, -0.2) is 52.3 Å². The van der Waals surface area contributed by atoms with Gasteiger partial charge in [-0.25, -0.2) is 9.37 Å². The van der Waals surface area contributed by atoms with E-state index in [9.17, 15) is 4.39 Å². The highest BCUT2D eigenvalue weighted by Gasteiger charge is 2.36. The third-order valence-electron chi connectivity index (χ3n) is 5.48. The van der Waals surface area contributed by atoms with E-state index >= 15 is 0 Å². The lowest BCUT2D eigenvalue weighted by molar-refractivity contribution is -0.0647. The van der Waals surface area contributed by atoms with Crippen LogP contribution in [0.4, 0.5) is 4.39 Å². The SMILES string of the molecule is CN1CCO[C@@H](CNC(c2cncc(F)c2)C2CC2)[C@@H]1c1cncn1C. The maximum absolute atomic E-state index is 13.6. The van der Waals surface area contributed by atoms with Gasteiger partial charge < -0.3 is 14.6 Å². The summed E-state index contributed by atoms with van der Waals surface area (Å²) in [5.74, 6) is 0.270. The molecule has 6 nitrogen and oxygen atoms in total. The van der Waals surface area contributed by atoms with Crippen LogP contribution in [0.1, 0.15) is 36.2 Å². The summed E-state index contributed by atoms with van der Waals surface area (Å²) >= 11 is 0. The van der Waals surface area contributed by atoms with Crippen molar-refractivity contribution in [1.29, 1.82) is 0 Å². The predicted octanol–water partition coefficient (Wildman–Crippen LogP) is 2.07. The van der Waals surface area contributed by atoms with Gasteiger partial charge in [0.15, 0.2) is 0 Å². The molecule has 1 saturated carbocycles. The minimum atomic E-state index is -0.281. The molecule has 1 unspecified atom stereocenters. The van der Waals surface area contributed by atoms with E-state index in [0.717, 1.165) is 17.8 Å². The quantitative estimate of drug-likeness (QED) is 0.856. The van der Waals surface area contributed by atoms with Crippen molar-refractivity contribution in [2.45, 2.75) is 31.0 Å². The summed E-state index contributed by atoms with van der Waals surface area (Å²) in [4.78, 5) is 10.6. The number of hydrogen-bond donors (Lipinski definition) is 1. The fourth-order valence-electron chi connectivity index (χ4n) is 3.93. The number of ether oxygens (including phenoxy) is 1. The van der Waals surface area contributed by atoms with Crippen molar-refractivity contribution < 1.29 is 9.13 Å². The highest BCUT2D eigenvalue weighted by atomic mass is 19.1. The molecule has 1 N–H and O–H groups in total. The maximum Gasteiger partial charge on any atom is 0.141 e. The number of rotatable bonds is 6. The van der Waals surface area contributed by atoms with Crippen LogP contribution in [0.2, 0.25) is 0 Å². The van der Waals surface area contributed by atoms with Gasteiger partial charge in [-0.3, -0.25) is 9.88 Å². The van der Waals surface area contributed by atoms with E-state index in [-0.39, 0.29) is 24.0 Å². The molecule has 0 amide bonds. The molecule has 1 saturated heterocycles. The second kappa shape index (κ2) is 7.42. The second-order valence-electron chi connectivity index (χ2n) is 7.42. The lowest BCUT2D eigenvalue weighted by atomic mass is 10.0. The van der Waals surface area contributed by atoms with Gasteiger partial charge in [0, 0.05) is 38.6 Å². The zero-order valence-corrected chi connectivity index (χ0v) is 15.3. The molecular formula is C19H26FN5O. The van der Waals surface area contributed by atoms with Gasteiger partial charge >= 0.3 is 0 Å². The number of morpholine rings is 1.